The van der Waals surface area contributed by atoms with Crippen molar-refractivity contribution in [2.45, 2.75) is 19.3 Å². The molecule has 4 heteroatoms. The van der Waals surface area contributed by atoms with Crippen LogP contribution in [0.5, 0.6) is 0 Å². The van der Waals surface area contributed by atoms with E-state index in [9.17, 15) is 4.79 Å². The molecule has 2 heterocycles. The second kappa shape index (κ2) is 4.30. The van der Waals surface area contributed by atoms with Crippen molar-refractivity contribution >= 4 is 17.5 Å². The van der Waals surface area contributed by atoms with Crippen LogP contribution in [0.15, 0.2) is 0 Å². The average Bonchev–Trinajstić information content (AvgIpc) is 2.66. The number of rotatable bonds is 1. The molecule has 0 aromatic carbocycles. The summed E-state index contributed by atoms with van der Waals surface area (Å²) < 4.78 is 0. The Morgan fingerprint density at radius 2 is 1.87 bits per heavy atom. The molecule has 2 saturated heterocycles. The van der Waals surface area contributed by atoms with Gasteiger partial charge in [0.05, 0.1) is 0 Å². The molecule has 2 rings (SSSR count). The number of alkyl halides is 1. The summed E-state index contributed by atoms with van der Waals surface area (Å²) in [4.78, 5) is 15.8. The number of hydrogen-bond donors (Lipinski definition) is 0. The number of amides is 1. The van der Waals surface area contributed by atoms with E-state index in [4.69, 9.17) is 11.6 Å². The van der Waals surface area contributed by atoms with Crippen LogP contribution < -0.4 is 0 Å². The van der Waals surface area contributed by atoms with Crippen molar-refractivity contribution in [2.75, 3.05) is 39.1 Å². The van der Waals surface area contributed by atoms with Gasteiger partial charge < -0.3 is 9.80 Å². The fourth-order valence-electron chi connectivity index (χ4n) is 2.73. The summed E-state index contributed by atoms with van der Waals surface area (Å²) in [5.74, 6) is 0.239. The molecule has 15 heavy (non-hydrogen) atoms. The van der Waals surface area contributed by atoms with Crippen molar-refractivity contribution in [3.8, 4) is 0 Å². The standard InChI is InChI=1S/C11H19ClN2O/c1-13-5-2-11(3-6-13)4-7-14(9-11)10(15)8-12/h2-9H2,1H3. The Morgan fingerprint density at radius 1 is 1.27 bits per heavy atom. The number of likely N-dealkylation sites (tertiary alicyclic amines) is 2. The van der Waals surface area contributed by atoms with Gasteiger partial charge in [-0.3, -0.25) is 4.79 Å². The van der Waals surface area contributed by atoms with Crippen LogP contribution in [0.3, 0.4) is 0 Å². The van der Waals surface area contributed by atoms with Crippen LogP contribution in [-0.2, 0) is 4.79 Å². The molecule has 0 saturated carbocycles. The summed E-state index contributed by atoms with van der Waals surface area (Å²) in [6.07, 6.45) is 3.63. The number of hydrogen-bond acceptors (Lipinski definition) is 2. The molecule has 0 atom stereocenters. The second-order valence-corrected chi connectivity index (χ2v) is 5.27. The third kappa shape index (κ3) is 2.28. The SMILES string of the molecule is CN1CCC2(CC1)CCN(C(=O)CCl)C2. The molecule has 0 aromatic heterocycles. The number of carbonyl (C=O) groups excluding carboxylic acids is 1. The summed E-state index contributed by atoms with van der Waals surface area (Å²) in [6.45, 7) is 4.19. The molecule has 2 aliphatic heterocycles. The summed E-state index contributed by atoms with van der Waals surface area (Å²) >= 11 is 5.58. The first kappa shape index (κ1) is 11.2. The first-order valence-electron chi connectivity index (χ1n) is 5.67. The number of carbonyl (C=O) groups is 1. The van der Waals surface area contributed by atoms with Crippen molar-refractivity contribution in [3.63, 3.8) is 0 Å². The molecule has 0 aromatic rings. The van der Waals surface area contributed by atoms with Gasteiger partial charge in [0.25, 0.3) is 0 Å². The average molecular weight is 231 g/mol. The highest BCUT2D eigenvalue weighted by Gasteiger charge is 2.41. The van der Waals surface area contributed by atoms with Crippen LogP contribution in [0.25, 0.3) is 0 Å². The van der Waals surface area contributed by atoms with Gasteiger partial charge in [0.1, 0.15) is 5.88 Å². The van der Waals surface area contributed by atoms with Gasteiger partial charge in [-0.05, 0) is 44.8 Å². The highest BCUT2D eigenvalue weighted by Crippen LogP contribution is 2.39. The molecule has 1 spiro atoms. The highest BCUT2D eigenvalue weighted by atomic mass is 35.5. The Bertz CT molecular complexity index is 249. The predicted molar refractivity (Wildman–Crippen MR) is 61.1 cm³/mol. The largest absolute Gasteiger partial charge is 0.341 e. The normalized spacial score (nSPS) is 26.1. The fourth-order valence-corrected chi connectivity index (χ4v) is 2.90. The van der Waals surface area contributed by atoms with Gasteiger partial charge in [0.15, 0.2) is 0 Å². The molecule has 3 nitrogen and oxygen atoms in total. The zero-order chi connectivity index (χ0) is 10.9. The van der Waals surface area contributed by atoms with E-state index in [1.165, 1.54) is 32.4 Å². The van der Waals surface area contributed by atoms with E-state index >= 15 is 0 Å². The molecule has 2 fully saturated rings. The predicted octanol–water partition coefficient (Wildman–Crippen LogP) is 1.17. The molecule has 0 aliphatic carbocycles. The number of piperidine rings is 1. The van der Waals surface area contributed by atoms with E-state index in [1.54, 1.807) is 0 Å². The van der Waals surface area contributed by atoms with E-state index in [1.807, 2.05) is 4.90 Å². The summed E-state index contributed by atoms with van der Waals surface area (Å²) in [7, 11) is 2.17. The molecular weight excluding hydrogens is 212 g/mol. The minimum atomic E-state index is 0.104. The lowest BCUT2D eigenvalue weighted by Crippen LogP contribution is -2.40. The Balaban J connectivity index is 1.93. The maximum Gasteiger partial charge on any atom is 0.237 e. The second-order valence-electron chi connectivity index (χ2n) is 5.00. The molecule has 86 valence electrons. The van der Waals surface area contributed by atoms with Crippen LogP contribution >= 0.6 is 11.6 Å². The van der Waals surface area contributed by atoms with Gasteiger partial charge in [-0.1, -0.05) is 0 Å². The van der Waals surface area contributed by atoms with Crippen molar-refractivity contribution in [1.29, 1.82) is 0 Å². The molecule has 0 N–H and O–H groups in total. The highest BCUT2D eigenvalue weighted by molar-refractivity contribution is 6.27. The van der Waals surface area contributed by atoms with Crippen LogP contribution in [0, 0.1) is 5.41 Å². The minimum Gasteiger partial charge on any atom is -0.341 e. The first-order valence-corrected chi connectivity index (χ1v) is 6.21. The van der Waals surface area contributed by atoms with Crippen LogP contribution in [-0.4, -0.2) is 54.8 Å². The zero-order valence-electron chi connectivity index (χ0n) is 9.34. The quantitative estimate of drug-likeness (QED) is 0.632. The van der Waals surface area contributed by atoms with Crippen LogP contribution in [0.1, 0.15) is 19.3 Å². The van der Waals surface area contributed by atoms with E-state index < -0.39 is 0 Å². The van der Waals surface area contributed by atoms with Crippen molar-refractivity contribution < 1.29 is 4.79 Å². The lowest BCUT2D eigenvalue weighted by molar-refractivity contribution is -0.128. The zero-order valence-corrected chi connectivity index (χ0v) is 10.1. The van der Waals surface area contributed by atoms with E-state index in [0.29, 0.717) is 5.41 Å². The van der Waals surface area contributed by atoms with Crippen molar-refractivity contribution in [3.05, 3.63) is 0 Å². The maximum absolute atomic E-state index is 11.5. The number of nitrogens with zero attached hydrogens (tertiary/aromatic N) is 2. The Morgan fingerprint density at radius 3 is 2.47 bits per heavy atom. The monoisotopic (exact) mass is 230 g/mol. The molecule has 0 radical (unpaired) electrons. The van der Waals surface area contributed by atoms with Gasteiger partial charge in [-0.25, -0.2) is 0 Å². The summed E-state index contributed by atoms with van der Waals surface area (Å²) in [5.41, 5.74) is 0.411. The third-order valence-electron chi connectivity index (χ3n) is 3.95. The summed E-state index contributed by atoms with van der Waals surface area (Å²) in [5, 5.41) is 0. The van der Waals surface area contributed by atoms with Gasteiger partial charge in [0.2, 0.25) is 5.91 Å². The third-order valence-corrected chi connectivity index (χ3v) is 4.18. The molecule has 0 bridgehead atoms. The van der Waals surface area contributed by atoms with E-state index in [0.717, 1.165) is 13.1 Å². The lowest BCUT2D eigenvalue weighted by atomic mass is 9.78. The van der Waals surface area contributed by atoms with Gasteiger partial charge in [0, 0.05) is 13.1 Å². The fraction of sp³-hybridized carbons (Fsp3) is 0.909. The van der Waals surface area contributed by atoms with Crippen molar-refractivity contribution in [2.24, 2.45) is 5.41 Å². The van der Waals surface area contributed by atoms with Gasteiger partial charge in [-0.2, -0.15) is 0 Å². The van der Waals surface area contributed by atoms with E-state index in [-0.39, 0.29) is 11.8 Å². The first-order chi connectivity index (χ1) is 7.15. The number of halogens is 1. The maximum atomic E-state index is 11.5. The molecular formula is C11H19ClN2O. The lowest BCUT2D eigenvalue weighted by Gasteiger charge is -2.37. The van der Waals surface area contributed by atoms with Gasteiger partial charge >= 0.3 is 0 Å². The van der Waals surface area contributed by atoms with Crippen molar-refractivity contribution in [1.82, 2.24) is 9.80 Å². The van der Waals surface area contributed by atoms with Crippen LogP contribution in [0.4, 0.5) is 0 Å². The topological polar surface area (TPSA) is 23.6 Å². The molecule has 2 aliphatic rings. The van der Waals surface area contributed by atoms with E-state index in [2.05, 4.69) is 11.9 Å². The minimum absolute atomic E-state index is 0.104. The smallest absolute Gasteiger partial charge is 0.237 e. The molecule has 0 unspecified atom stereocenters. The Kier molecular flexibility index (Phi) is 3.21. The molecule has 1 amide bonds. The Labute approximate surface area is 96.4 Å². The Hall–Kier alpha value is -0.280. The van der Waals surface area contributed by atoms with Gasteiger partial charge in [-0.15, -0.1) is 11.6 Å². The summed E-state index contributed by atoms with van der Waals surface area (Å²) in [6, 6.07) is 0. The van der Waals surface area contributed by atoms with Crippen LogP contribution in [0.2, 0.25) is 0 Å².